The molecule has 7 nitrogen and oxygen atoms in total. The van der Waals surface area contributed by atoms with E-state index < -0.39 is 5.91 Å². The summed E-state index contributed by atoms with van der Waals surface area (Å²) in [4.78, 5) is 24.0. The van der Waals surface area contributed by atoms with Gasteiger partial charge in [-0.05, 0) is 44.4 Å². The lowest BCUT2D eigenvalue weighted by molar-refractivity contribution is 0.0661. The zero-order valence-electron chi connectivity index (χ0n) is 14.4. The van der Waals surface area contributed by atoms with E-state index in [4.69, 9.17) is 10.5 Å². The van der Waals surface area contributed by atoms with Gasteiger partial charge in [0, 0.05) is 36.2 Å². The molecule has 1 aromatic carbocycles. The highest BCUT2D eigenvalue weighted by atomic mass is 16.5. The third-order valence-electron chi connectivity index (χ3n) is 4.46. The van der Waals surface area contributed by atoms with Crippen LogP contribution in [0, 0.1) is 13.8 Å². The number of carbonyl (C=O) groups is 2. The minimum absolute atomic E-state index is 0.259. The largest absolute Gasteiger partial charge is 0.381 e. The number of amides is 2. The Morgan fingerprint density at radius 2 is 1.96 bits per heavy atom. The summed E-state index contributed by atoms with van der Waals surface area (Å²) in [5, 5.41) is 7.25. The molecule has 0 bridgehead atoms. The summed E-state index contributed by atoms with van der Waals surface area (Å²) in [5.74, 6) is -0.823. The molecule has 0 saturated carbocycles. The summed E-state index contributed by atoms with van der Waals surface area (Å²) in [7, 11) is 0. The maximum atomic E-state index is 12.6. The number of hydrogen-bond donors (Lipinski definition) is 2. The van der Waals surface area contributed by atoms with Crippen LogP contribution in [0.2, 0.25) is 0 Å². The smallest absolute Gasteiger partial charge is 0.276 e. The van der Waals surface area contributed by atoms with Gasteiger partial charge in [-0.3, -0.25) is 14.3 Å². The molecule has 0 aliphatic carbocycles. The van der Waals surface area contributed by atoms with Gasteiger partial charge in [0.1, 0.15) is 0 Å². The van der Waals surface area contributed by atoms with E-state index >= 15 is 0 Å². The topological polar surface area (TPSA) is 99.2 Å². The van der Waals surface area contributed by atoms with Crippen molar-refractivity contribution in [2.24, 2.45) is 5.73 Å². The highest BCUT2D eigenvalue weighted by Crippen LogP contribution is 2.22. The molecule has 1 aliphatic heterocycles. The molecular weight excluding hydrogens is 320 g/mol. The van der Waals surface area contributed by atoms with Gasteiger partial charge in [0.15, 0.2) is 5.69 Å². The minimum Gasteiger partial charge on any atom is -0.381 e. The lowest BCUT2D eigenvalue weighted by Crippen LogP contribution is -2.21. The van der Waals surface area contributed by atoms with Crippen LogP contribution in [-0.2, 0) is 4.74 Å². The van der Waals surface area contributed by atoms with Gasteiger partial charge >= 0.3 is 0 Å². The Hall–Kier alpha value is -2.67. The standard InChI is InChI=1S/C18H22N4O3/c1-11-3-4-13(9-15(11)17(19)23)20-18(24)16-12(2)10-22(21-16)14-5-7-25-8-6-14/h3-4,9-10,14H,5-8H2,1-2H3,(H2,19,23)(H,20,24). The first-order chi connectivity index (χ1) is 12.0. The second-order valence-corrected chi connectivity index (χ2v) is 6.33. The van der Waals surface area contributed by atoms with Crippen LogP contribution in [0.3, 0.4) is 0 Å². The van der Waals surface area contributed by atoms with Gasteiger partial charge in [0.25, 0.3) is 5.91 Å². The fourth-order valence-corrected chi connectivity index (χ4v) is 3.00. The number of anilines is 1. The summed E-state index contributed by atoms with van der Waals surface area (Å²) >= 11 is 0. The number of aromatic nitrogens is 2. The number of nitrogens with one attached hydrogen (secondary N) is 1. The lowest BCUT2D eigenvalue weighted by atomic mass is 10.1. The average Bonchev–Trinajstić information content (AvgIpc) is 2.99. The van der Waals surface area contributed by atoms with Gasteiger partial charge in [-0.15, -0.1) is 0 Å². The van der Waals surface area contributed by atoms with Gasteiger partial charge in [-0.2, -0.15) is 5.10 Å². The number of carbonyl (C=O) groups excluding carboxylic acids is 2. The van der Waals surface area contributed by atoms with E-state index in [0.717, 1.165) is 24.0 Å². The Labute approximate surface area is 146 Å². The SMILES string of the molecule is Cc1ccc(NC(=O)c2nn(C3CCOCC3)cc2C)cc1C(N)=O. The molecule has 0 unspecified atom stereocenters. The zero-order valence-corrected chi connectivity index (χ0v) is 14.4. The Bertz CT molecular complexity index is 807. The van der Waals surface area contributed by atoms with Crippen molar-refractivity contribution in [3.05, 3.63) is 46.8 Å². The van der Waals surface area contributed by atoms with Crippen LogP contribution in [0.25, 0.3) is 0 Å². The van der Waals surface area contributed by atoms with E-state index in [0.29, 0.717) is 30.2 Å². The Morgan fingerprint density at radius 1 is 1.24 bits per heavy atom. The second-order valence-electron chi connectivity index (χ2n) is 6.33. The number of ether oxygens (including phenoxy) is 1. The van der Waals surface area contributed by atoms with Gasteiger partial charge < -0.3 is 15.8 Å². The first-order valence-corrected chi connectivity index (χ1v) is 8.31. The molecule has 2 aromatic rings. The van der Waals surface area contributed by atoms with Crippen molar-refractivity contribution in [1.82, 2.24) is 9.78 Å². The van der Waals surface area contributed by atoms with E-state index in [2.05, 4.69) is 10.4 Å². The summed E-state index contributed by atoms with van der Waals surface area (Å²) in [6.45, 7) is 5.09. The molecule has 2 amide bonds. The molecule has 0 spiro atoms. The molecule has 1 aromatic heterocycles. The number of nitrogens with zero attached hydrogens (tertiary/aromatic N) is 2. The molecule has 3 rings (SSSR count). The lowest BCUT2D eigenvalue weighted by Gasteiger charge is -2.22. The van der Waals surface area contributed by atoms with Gasteiger partial charge in [0.2, 0.25) is 5.91 Å². The van der Waals surface area contributed by atoms with Crippen molar-refractivity contribution < 1.29 is 14.3 Å². The fourth-order valence-electron chi connectivity index (χ4n) is 3.00. The quantitative estimate of drug-likeness (QED) is 0.890. The Morgan fingerprint density at radius 3 is 2.64 bits per heavy atom. The fraction of sp³-hybridized carbons (Fsp3) is 0.389. The van der Waals surface area contributed by atoms with E-state index in [1.54, 1.807) is 25.1 Å². The Kier molecular flexibility index (Phi) is 4.85. The summed E-state index contributed by atoms with van der Waals surface area (Å²) in [6.07, 6.45) is 3.68. The number of hydrogen-bond acceptors (Lipinski definition) is 4. The maximum Gasteiger partial charge on any atom is 0.276 e. The molecule has 0 radical (unpaired) electrons. The van der Waals surface area contributed by atoms with E-state index in [9.17, 15) is 9.59 Å². The normalized spacial score (nSPS) is 15.1. The number of primary amides is 1. The van der Waals surface area contributed by atoms with Crippen LogP contribution >= 0.6 is 0 Å². The predicted octanol–water partition coefficient (Wildman–Crippen LogP) is 2.20. The van der Waals surface area contributed by atoms with Crippen molar-refractivity contribution in [3.63, 3.8) is 0 Å². The molecule has 1 fully saturated rings. The van der Waals surface area contributed by atoms with E-state index in [-0.39, 0.29) is 11.9 Å². The van der Waals surface area contributed by atoms with Crippen LogP contribution in [0.1, 0.15) is 50.9 Å². The summed E-state index contributed by atoms with van der Waals surface area (Å²) in [5.41, 5.74) is 8.23. The summed E-state index contributed by atoms with van der Waals surface area (Å²) in [6, 6.07) is 5.34. The number of aryl methyl sites for hydroxylation is 2. The molecule has 1 saturated heterocycles. The van der Waals surface area contributed by atoms with Crippen LogP contribution in [-0.4, -0.2) is 34.8 Å². The van der Waals surface area contributed by atoms with E-state index in [1.165, 1.54) is 0 Å². The van der Waals surface area contributed by atoms with Crippen LogP contribution in [0.5, 0.6) is 0 Å². The third-order valence-corrected chi connectivity index (χ3v) is 4.46. The number of nitrogens with two attached hydrogens (primary N) is 1. The van der Waals surface area contributed by atoms with Gasteiger partial charge in [-0.1, -0.05) is 6.07 Å². The van der Waals surface area contributed by atoms with Crippen LogP contribution in [0.15, 0.2) is 24.4 Å². The number of rotatable bonds is 4. The molecule has 1 aliphatic rings. The van der Waals surface area contributed by atoms with Crippen LogP contribution < -0.4 is 11.1 Å². The molecule has 2 heterocycles. The molecular formula is C18H22N4O3. The highest BCUT2D eigenvalue weighted by Gasteiger charge is 2.21. The molecule has 7 heteroatoms. The van der Waals surface area contributed by atoms with E-state index in [1.807, 2.05) is 17.8 Å². The average molecular weight is 342 g/mol. The Balaban J connectivity index is 1.78. The maximum absolute atomic E-state index is 12.6. The van der Waals surface area contributed by atoms with Crippen molar-refractivity contribution in [2.75, 3.05) is 18.5 Å². The highest BCUT2D eigenvalue weighted by molar-refractivity contribution is 6.04. The van der Waals surface area contributed by atoms with Gasteiger partial charge in [0.05, 0.1) is 6.04 Å². The summed E-state index contributed by atoms with van der Waals surface area (Å²) < 4.78 is 7.22. The second kappa shape index (κ2) is 7.06. The van der Waals surface area contributed by atoms with Crippen LogP contribution in [0.4, 0.5) is 5.69 Å². The van der Waals surface area contributed by atoms with Crippen molar-refractivity contribution in [1.29, 1.82) is 0 Å². The monoisotopic (exact) mass is 342 g/mol. The van der Waals surface area contributed by atoms with Crippen molar-refractivity contribution >= 4 is 17.5 Å². The third kappa shape index (κ3) is 3.71. The number of benzene rings is 1. The van der Waals surface area contributed by atoms with Crippen molar-refractivity contribution in [3.8, 4) is 0 Å². The minimum atomic E-state index is -0.520. The first-order valence-electron chi connectivity index (χ1n) is 8.31. The first kappa shape index (κ1) is 17.2. The molecule has 132 valence electrons. The molecule has 0 atom stereocenters. The predicted molar refractivity (Wildman–Crippen MR) is 93.7 cm³/mol. The van der Waals surface area contributed by atoms with Gasteiger partial charge in [-0.25, -0.2) is 0 Å². The van der Waals surface area contributed by atoms with Crippen molar-refractivity contribution in [2.45, 2.75) is 32.7 Å². The molecule has 3 N–H and O–H groups in total. The zero-order chi connectivity index (χ0) is 18.0. The molecule has 25 heavy (non-hydrogen) atoms.